The number of allylic oxidation sites excluding steroid dienone is 1. The van der Waals surface area contributed by atoms with Crippen molar-refractivity contribution in [1.82, 2.24) is 25.2 Å². The normalized spacial score (nSPS) is 27.1. The van der Waals surface area contributed by atoms with E-state index in [2.05, 4.69) is 25.2 Å². The fourth-order valence-corrected chi connectivity index (χ4v) is 7.55. The lowest BCUT2D eigenvalue weighted by Gasteiger charge is -2.26. The van der Waals surface area contributed by atoms with Crippen LogP contribution >= 0.6 is 11.3 Å². The summed E-state index contributed by atoms with van der Waals surface area (Å²) in [5.74, 6) is -0.581. The van der Waals surface area contributed by atoms with Crippen molar-refractivity contribution >= 4 is 40.0 Å². The number of esters is 1. The molecule has 6 rings (SSSR count). The number of fused-ring (bicyclic) bond motifs is 3. The quantitative estimate of drug-likeness (QED) is 0.265. The van der Waals surface area contributed by atoms with E-state index in [1.54, 1.807) is 26.0 Å². The molecule has 0 spiro atoms. The van der Waals surface area contributed by atoms with E-state index in [0.717, 1.165) is 25.0 Å². The molecule has 3 aromatic rings. The molecule has 2 amide bonds. The monoisotopic (exact) mass is 661 g/mol. The fraction of sp³-hybridized carbons (Fsp3) is 0.543. The van der Waals surface area contributed by atoms with Gasteiger partial charge in [-0.05, 0) is 63.5 Å². The van der Waals surface area contributed by atoms with Crippen LogP contribution < -0.4 is 14.8 Å². The molecule has 2 saturated carbocycles. The molecule has 0 bridgehead atoms. The third-order valence-corrected chi connectivity index (χ3v) is 10.3. The lowest BCUT2D eigenvalue weighted by molar-refractivity contribution is -0.150. The van der Waals surface area contributed by atoms with Crippen LogP contribution in [0, 0.1) is 17.8 Å². The van der Waals surface area contributed by atoms with Crippen LogP contribution in [0.5, 0.6) is 11.6 Å². The molecule has 12 heteroatoms. The fourth-order valence-electron chi connectivity index (χ4n) is 6.64. The van der Waals surface area contributed by atoms with Gasteiger partial charge >= 0.3 is 5.97 Å². The molecular formula is C35H43N5O6S. The van der Waals surface area contributed by atoms with Gasteiger partial charge in [-0.1, -0.05) is 26.0 Å². The molecule has 0 radical (unpaired) electrons. The smallest absolute Gasteiger partial charge is 0.332 e. The van der Waals surface area contributed by atoms with E-state index in [-0.39, 0.29) is 30.3 Å². The van der Waals surface area contributed by atoms with E-state index < -0.39 is 29.4 Å². The van der Waals surface area contributed by atoms with Gasteiger partial charge in [0.2, 0.25) is 17.7 Å². The Morgan fingerprint density at radius 2 is 1.96 bits per heavy atom. The Bertz CT molecular complexity index is 1690. The summed E-state index contributed by atoms with van der Waals surface area (Å²) in [6.07, 6.45) is 7.33. The number of aromatic nitrogens is 3. The number of hydrogen-bond donors (Lipinski definition) is 1. The highest BCUT2D eigenvalue weighted by Crippen LogP contribution is 2.47. The van der Waals surface area contributed by atoms with Crippen LogP contribution in [0.15, 0.2) is 35.7 Å². The van der Waals surface area contributed by atoms with Gasteiger partial charge in [-0.15, -0.1) is 11.3 Å². The number of ether oxygens (including phenoxy) is 3. The van der Waals surface area contributed by atoms with Crippen molar-refractivity contribution in [3.8, 4) is 22.5 Å². The summed E-state index contributed by atoms with van der Waals surface area (Å²) in [5.41, 5.74) is 0.493. The molecule has 2 fully saturated rings. The summed E-state index contributed by atoms with van der Waals surface area (Å²) in [4.78, 5) is 57.1. The Hall–Kier alpha value is -4.06. The lowest BCUT2D eigenvalue weighted by atomic mass is 9.93. The van der Waals surface area contributed by atoms with Crippen LogP contribution in [0.3, 0.4) is 0 Å². The van der Waals surface area contributed by atoms with Crippen LogP contribution in [-0.2, 0) is 19.1 Å². The highest BCUT2D eigenvalue weighted by molar-refractivity contribution is 7.13. The molecule has 47 heavy (non-hydrogen) atoms. The number of hydrogen-bond acceptors (Lipinski definition) is 10. The van der Waals surface area contributed by atoms with Gasteiger partial charge in [0.15, 0.2) is 10.8 Å². The largest absolute Gasteiger partial charge is 0.497 e. The Balaban J connectivity index is 1.32. The molecule has 1 unspecified atom stereocenters. The topological polar surface area (TPSA) is 133 Å². The average molecular weight is 662 g/mol. The van der Waals surface area contributed by atoms with Gasteiger partial charge in [-0.25, -0.2) is 14.8 Å². The number of amides is 2. The van der Waals surface area contributed by atoms with Gasteiger partial charge in [0.25, 0.3) is 0 Å². The van der Waals surface area contributed by atoms with Crippen molar-refractivity contribution in [3.05, 3.63) is 41.4 Å². The van der Waals surface area contributed by atoms with Gasteiger partial charge in [-0.2, -0.15) is 4.98 Å². The predicted molar refractivity (Wildman–Crippen MR) is 178 cm³/mol. The summed E-state index contributed by atoms with van der Waals surface area (Å²) in [7, 11) is 3.40. The first-order valence-electron chi connectivity index (χ1n) is 16.5. The van der Waals surface area contributed by atoms with E-state index in [1.165, 1.54) is 11.3 Å². The number of carbonyl (C=O) groups is 3. The second kappa shape index (κ2) is 13.6. The first-order chi connectivity index (χ1) is 22.6. The standard InChI is InChI=1S/C35H43N5O6S/c1-6-45-34(43)35-18-21(35)11-9-7-8-10-14-40(4)33(42)26-16-23(15-25(26)30(41)39-35)46-31-24-13-12-22(44-5)17-27(24)36-29(38-31)32-37-28(19-47-32)20(2)3/h9,11-13,17,19-21,23,25-26H,6-8,10,14-16,18H2,1-5H3,(H,39,41)/b11-9-/t21-,23-,25-,26-,35?/m1/s1. The van der Waals surface area contributed by atoms with Crippen molar-refractivity contribution in [1.29, 1.82) is 0 Å². The van der Waals surface area contributed by atoms with E-state index in [1.807, 2.05) is 29.7 Å². The molecule has 1 N–H and O–H groups in total. The third kappa shape index (κ3) is 6.70. The maximum atomic E-state index is 14.0. The second-order valence-corrected chi connectivity index (χ2v) is 13.9. The number of methoxy groups -OCH3 is 1. The van der Waals surface area contributed by atoms with Crippen LogP contribution in [0.1, 0.15) is 70.9 Å². The Morgan fingerprint density at radius 1 is 1.15 bits per heavy atom. The van der Waals surface area contributed by atoms with Crippen LogP contribution in [0.25, 0.3) is 21.7 Å². The van der Waals surface area contributed by atoms with Crippen LogP contribution in [-0.4, -0.2) is 76.6 Å². The van der Waals surface area contributed by atoms with E-state index >= 15 is 0 Å². The Kier molecular flexibility index (Phi) is 9.50. The molecule has 1 aliphatic heterocycles. The minimum atomic E-state index is -1.11. The van der Waals surface area contributed by atoms with Crippen molar-refractivity contribution < 1.29 is 28.6 Å². The maximum Gasteiger partial charge on any atom is 0.332 e. The minimum absolute atomic E-state index is 0.0941. The minimum Gasteiger partial charge on any atom is -0.497 e. The molecular weight excluding hydrogens is 618 g/mol. The Labute approximate surface area is 279 Å². The first kappa shape index (κ1) is 32.9. The third-order valence-electron chi connectivity index (χ3n) is 9.49. The molecule has 3 heterocycles. The number of thiazole rings is 1. The second-order valence-electron chi connectivity index (χ2n) is 13.1. The van der Waals surface area contributed by atoms with Gasteiger partial charge in [0.05, 0.1) is 42.1 Å². The van der Waals surface area contributed by atoms with E-state index in [0.29, 0.717) is 59.2 Å². The lowest BCUT2D eigenvalue weighted by Crippen LogP contribution is -2.50. The van der Waals surface area contributed by atoms with Crippen molar-refractivity contribution in [2.45, 2.75) is 76.9 Å². The van der Waals surface area contributed by atoms with Gasteiger partial charge in [-0.3, -0.25) is 9.59 Å². The maximum absolute atomic E-state index is 14.0. The summed E-state index contributed by atoms with van der Waals surface area (Å²) in [6.45, 7) is 6.76. The molecule has 2 aliphatic carbocycles. The number of rotatable bonds is 7. The molecule has 0 saturated heterocycles. The number of benzene rings is 1. The zero-order valence-electron chi connectivity index (χ0n) is 27.7. The predicted octanol–water partition coefficient (Wildman–Crippen LogP) is 5.30. The van der Waals surface area contributed by atoms with Gasteiger partial charge in [0.1, 0.15) is 17.4 Å². The highest BCUT2D eigenvalue weighted by atomic mass is 32.1. The van der Waals surface area contributed by atoms with Gasteiger partial charge in [0, 0.05) is 31.0 Å². The van der Waals surface area contributed by atoms with Gasteiger partial charge < -0.3 is 24.4 Å². The number of carbonyl (C=O) groups excluding carboxylic acids is 3. The van der Waals surface area contributed by atoms with Crippen molar-refractivity contribution in [2.75, 3.05) is 27.3 Å². The average Bonchev–Trinajstić information content (AvgIpc) is 3.36. The zero-order chi connectivity index (χ0) is 33.3. The SMILES string of the molecule is CCOC(=O)C12C[C@H]1/C=C\CCCCN(C)C(=O)[C@@H]1C[C@H](Oc3nc(-c4nc(C(C)C)cs4)nc4cc(OC)ccc34)C[C@H]1C(=O)N2. The van der Waals surface area contributed by atoms with E-state index in [9.17, 15) is 14.4 Å². The van der Waals surface area contributed by atoms with Crippen molar-refractivity contribution in [2.24, 2.45) is 17.8 Å². The summed E-state index contributed by atoms with van der Waals surface area (Å²) in [6, 6.07) is 5.51. The molecule has 3 aliphatic rings. The summed E-state index contributed by atoms with van der Waals surface area (Å²) >= 11 is 1.47. The Morgan fingerprint density at radius 3 is 2.70 bits per heavy atom. The summed E-state index contributed by atoms with van der Waals surface area (Å²) < 4.78 is 17.5. The molecule has 250 valence electrons. The molecule has 11 nitrogen and oxygen atoms in total. The number of nitrogens with zero attached hydrogens (tertiary/aromatic N) is 4. The number of nitrogens with one attached hydrogen (secondary N) is 1. The first-order valence-corrected chi connectivity index (χ1v) is 17.4. The molecule has 5 atom stereocenters. The molecule has 1 aromatic carbocycles. The zero-order valence-corrected chi connectivity index (χ0v) is 28.5. The summed E-state index contributed by atoms with van der Waals surface area (Å²) in [5, 5.41) is 6.42. The van der Waals surface area contributed by atoms with Crippen LogP contribution in [0.2, 0.25) is 0 Å². The molecule has 2 aromatic heterocycles. The highest BCUT2D eigenvalue weighted by Gasteiger charge is 2.62. The van der Waals surface area contributed by atoms with Crippen LogP contribution in [0.4, 0.5) is 0 Å². The van der Waals surface area contributed by atoms with E-state index in [4.69, 9.17) is 29.2 Å². The van der Waals surface area contributed by atoms with Crippen molar-refractivity contribution in [3.63, 3.8) is 0 Å².